The van der Waals surface area contributed by atoms with Crippen molar-refractivity contribution in [3.8, 4) is 0 Å². The van der Waals surface area contributed by atoms with Gasteiger partial charge in [-0.25, -0.2) is 0 Å². The maximum Gasteiger partial charge on any atom is 0.0703 e. The van der Waals surface area contributed by atoms with Crippen LogP contribution in [-0.4, -0.2) is 60.7 Å². The van der Waals surface area contributed by atoms with Crippen molar-refractivity contribution in [1.29, 1.82) is 0 Å². The number of ether oxygens (including phenoxy) is 1. The lowest BCUT2D eigenvalue weighted by Crippen LogP contribution is -2.36. The average Bonchev–Trinajstić information content (AvgIpc) is 2.39. The maximum absolute atomic E-state index is 8.98. The number of aliphatic hydroxyl groups excluding tert-OH is 2. The van der Waals surface area contributed by atoms with Gasteiger partial charge >= 0.3 is 0 Å². The van der Waals surface area contributed by atoms with Crippen LogP contribution < -0.4 is 0 Å². The monoisotopic (exact) mass is 261 g/mol. The van der Waals surface area contributed by atoms with Crippen LogP contribution in [0.3, 0.4) is 0 Å². The number of rotatable bonds is 13. The number of aliphatic hydroxyl groups is 2. The first kappa shape index (κ1) is 17.8. The predicted octanol–water partition coefficient (Wildman–Crippen LogP) is 1.65. The van der Waals surface area contributed by atoms with Gasteiger partial charge in [0, 0.05) is 13.1 Å². The van der Waals surface area contributed by atoms with Crippen molar-refractivity contribution < 1.29 is 14.9 Å². The van der Waals surface area contributed by atoms with Crippen molar-refractivity contribution in [1.82, 2.24) is 4.90 Å². The molecule has 0 aliphatic carbocycles. The van der Waals surface area contributed by atoms with Crippen molar-refractivity contribution in [2.45, 2.75) is 52.1 Å². The average molecular weight is 261 g/mol. The van der Waals surface area contributed by atoms with Crippen LogP contribution in [-0.2, 0) is 4.74 Å². The molecule has 0 spiro atoms. The first-order chi connectivity index (χ1) is 8.78. The summed E-state index contributed by atoms with van der Waals surface area (Å²) in [6.07, 6.45) is 6.18. The Morgan fingerprint density at radius 3 is 2.39 bits per heavy atom. The number of hydrogen-bond donors (Lipinski definition) is 2. The highest BCUT2D eigenvalue weighted by atomic mass is 16.5. The number of likely N-dealkylation sites (N-methyl/N-ethyl adjacent to an activating group) is 1. The van der Waals surface area contributed by atoms with Crippen molar-refractivity contribution in [3.63, 3.8) is 0 Å². The minimum absolute atomic E-state index is 0.0809. The molecule has 0 bridgehead atoms. The van der Waals surface area contributed by atoms with E-state index in [0.29, 0.717) is 13.2 Å². The zero-order chi connectivity index (χ0) is 13.6. The summed E-state index contributed by atoms with van der Waals surface area (Å²) in [5, 5.41) is 17.8. The van der Waals surface area contributed by atoms with E-state index in [1.807, 2.05) is 0 Å². The summed E-state index contributed by atoms with van der Waals surface area (Å²) in [5.41, 5.74) is 0. The largest absolute Gasteiger partial charge is 0.395 e. The van der Waals surface area contributed by atoms with Crippen molar-refractivity contribution >= 4 is 0 Å². The van der Waals surface area contributed by atoms with E-state index in [2.05, 4.69) is 18.7 Å². The summed E-state index contributed by atoms with van der Waals surface area (Å²) in [6, 6.07) is 0. The third-order valence-corrected chi connectivity index (χ3v) is 3.15. The summed E-state index contributed by atoms with van der Waals surface area (Å²) in [6.45, 7) is 7.46. The molecule has 0 heterocycles. The Balaban J connectivity index is 3.94. The topological polar surface area (TPSA) is 52.9 Å². The van der Waals surface area contributed by atoms with E-state index in [1.54, 1.807) is 0 Å². The summed E-state index contributed by atoms with van der Waals surface area (Å²) in [7, 11) is 0. The van der Waals surface area contributed by atoms with Crippen LogP contribution in [0.1, 0.15) is 46.0 Å². The lowest BCUT2D eigenvalue weighted by molar-refractivity contribution is 0.000716. The van der Waals surface area contributed by atoms with Crippen LogP contribution in [0.2, 0.25) is 0 Å². The molecule has 0 aromatic carbocycles. The van der Waals surface area contributed by atoms with Crippen LogP contribution in [0.4, 0.5) is 0 Å². The number of hydrogen-bond acceptors (Lipinski definition) is 4. The summed E-state index contributed by atoms with van der Waals surface area (Å²) >= 11 is 0. The van der Waals surface area contributed by atoms with Crippen molar-refractivity contribution in [3.05, 3.63) is 0 Å². The van der Waals surface area contributed by atoms with E-state index >= 15 is 0 Å². The van der Waals surface area contributed by atoms with Gasteiger partial charge < -0.3 is 14.9 Å². The summed E-state index contributed by atoms with van der Waals surface area (Å²) in [5.74, 6) is 0. The standard InChI is InChI=1S/C14H31NO3/c1-3-5-6-7-8-14(18-12-11-17)13-15(4-2)9-10-16/h14,16-17H,3-13H2,1-2H3. The zero-order valence-corrected chi connectivity index (χ0v) is 12.1. The van der Waals surface area contributed by atoms with Gasteiger partial charge in [0.2, 0.25) is 0 Å². The van der Waals surface area contributed by atoms with Crippen molar-refractivity contribution in [2.75, 3.05) is 39.5 Å². The molecule has 4 heteroatoms. The summed E-state index contributed by atoms with van der Waals surface area (Å²) in [4.78, 5) is 2.20. The highest BCUT2D eigenvalue weighted by Gasteiger charge is 2.13. The molecule has 2 N–H and O–H groups in total. The van der Waals surface area contributed by atoms with Crippen LogP contribution in [0, 0.1) is 0 Å². The Morgan fingerprint density at radius 1 is 1.06 bits per heavy atom. The van der Waals surface area contributed by atoms with Gasteiger partial charge in [-0.15, -0.1) is 0 Å². The van der Waals surface area contributed by atoms with Crippen LogP contribution in [0.25, 0.3) is 0 Å². The van der Waals surface area contributed by atoms with E-state index in [1.165, 1.54) is 25.7 Å². The van der Waals surface area contributed by atoms with Gasteiger partial charge in [0.25, 0.3) is 0 Å². The third kappa shape index (κ3) is 9.83. The number of unbranched alkanes of at least 4 members (excludes halogenated alkanes) is 3. The molecule has 0 saturated heterocycles. The molecular formula is C14H31NO3. The molecule has 0 aromatic rings. The van der Waals surface area contributed by atoms with Gasteiger partial charge in [-0.3, -0.25) is 4.90 Å². The molecule has 0 rings (SSSR count). The molecule has 0 radical (unpaired) electrons. The number of nitrogens with zero attached hydrogens (tertiary/aromatic N) is 1. The Labute approximate surface area is 112 Å². The van der Waals surface area contributed by atoms with Crippen LogP contribution >= 0.6 is 0 Å². The Bertz CT molecular complexity index is 167. The van der Waals surface area contributed by atoms with Gasteiger partial charge in [-0.05, 0) is 13.0 Å². The van der Waals surface area contributed by atoms with Gasteiger partial charge in [0.05, 0.1) is 25.9 Å². The first-order valence-corrected chi connectivity index (χ1v) is 7.34. The molecular weight excluding hydrogens is 230 g/mol. The van der Waals surface area contributed by atoms with Crippen molar-refractivity contribution in [2.24, 2.45) is 0 Å². The molecule has 0 aliphatic rings. The molecule has 110 valence electrons. The molecule has 18 heavy (non-hydrogen) atoms. The van der Waals surface area contributed by atoms with Gasteiger partial charge in [0.1, 0.15) is 0 Å². The van der Waals surface area contributed by atoms with E-state index in [0.717, 1.165) is 19.5 Å². The molecule has 0 aliphatic heterocycles. The SMILES string of the molecule is CCCCCCC(CN(CC)CCO)OCCO. The fourth-order valence-electron chi connectivity index (χ4n) is 2.05. The highest BCUT2D eigenvalue weighted by molar-refractivity contribution is 4.66. The van der Waals surface area contributed by atoms with Gasteiger partial charge in [0.15, 0.2) is 0 Å². The van der Waals surface area contributed by atoms with Crippen LogP contribution in [0.15, 0.2) is 0 Å². The molecule has 0 saturated carbocycles. The van der Waals surface area contributed by atoms with Gasteiger partial charge in [-0.2, -0.15) is 0 Å². The molecule has 1 unspecified atom stereocenters. The van der Waals surface area contributed by atoms with E-state index in [9.17, 15) is 0 Å². The second-order valence-electron chi connectivity index (χ2n) is 4.68. The second-order valence-corrected chi connectivity index (χ2v) is 4.68. The lowest BCUT2D eigenvalue weighted by atomic mass is 10.1. The van der Waals surface area contributed by atoms with E-state index in [-0.39, 0.29) is 19.3 Å². The normalized spacial score (nSPS) is 13.2. The Hall–Kier alpha value is -0.160. The van der Waals surface area contributed by atoms with E-state index < -0.39 is 0 Å². The highest BCUT2D eigenvalue weighted by Crippen LogP contribution is 2.10. The maximum atomic E-state index is 8.98. The molecule has 0 amide bonds. The zero-order valence-electron chi connectivity index (χ0n) is 12.1. The lowest BCUT2D eigenvalue weighted by Gasteiger charge is -2.26. The third-order valence-electron chi connectivity index (χ3n) is 3.15. The molecule has 0 fully saturated rings. The Morgan fingerprint density at radius 2 is 1.83 bits per heavy atom. The smallest absolute Gasteiger partial charge is 0.0703 e. The Kier molecular flexibility index (Phi) is 13.2. The predicted molar refractivity (Wildman–Crippen MR) is 74.8 cm³/mol. The molecule has 4 nitrogen and oxygen atoms in total. The quantitative estimate of drug-likeness (QED) is 0.495. The first-order valence-electron chi connectivity index (χ1n) is 7.34. The second kappa shape index (κ2) is 13.3. The molecule has 1 atom stereocenters. The van der Waals surface area contributed by atoms with E-state index in [4.69, 9.17) is 14.9 Å². The fraction of sp³-hybridized carbons (Fsp3) is 1.00. The van der Waals surface area contributed by atoms with Crippen LogP contribution in [0.5, 0.6) is 0 Å². The minimum Gasteiger partial charge on any atom is -0.395 e. The fourth-order valence-corrected chi connectivity index (χ4v) is 2.05. The molecule has 0 aromatic heterocycles. The van der Waals surface area contributed by atoms with Gasteiger partial charge in [-0.1, -0.05) is 39.5 Å². The minimum atomic E-state index is 0.0809. The summed E-state index contributed by atoms with van der Waals surface area (Å²) < 4.78 is 5.68.